The molecule has 0 spiro atoms. The largest absolute Gasteiger partial charge is 0.465 e. The molecule has 34 heavy (non-hydrogen) atoms. The van der Waals surface area contributed by atoms with Crippen molar-refractivity contribution in [2.24, 2.45) is 0 Å². The lowest BCUT2D eigenvalue weighted by molar-refractivity contribution is -0.116. The van der Waals surface area contributed by atoms with Gasteiger partial charge in [-0.25, -0.2) is 4.79 Å². The highest BCUT2D eigenvalue weighted by molar-refractivity contribution is 5.91. The second-order valence-corrected chi connectivity index (χ2v) is 7.32. The molecule has 7 nitrogen and oxygen atoms in total. The summed E-state index contributed by atoms with van der Waals surface area (Å²) in [6.07, 6.45) is 0.536. The predicted molar refractivity (Wildman–Crippen MR) is 127 cm³/mol. The number of carbonyl (C=O) groups excluding carboxylic acids is 2. The number of hydrogen-bond acceptors (Lipinski definition) is 6. The van der Waals surface area contributed by atoms with E-state index in [0.717, 1.165) is 11.1 Å². The van der Waals surface area contributed by atoms with Crippen molar-refractivity contribution in [3.8, 4) is 23.3 Å². The van der Waals surface area contributed by atoms with Gasteiger partial charge in [-0.05, 0) is 48.5 Å². The molecule has 0 saturated carbocycles. The van der Waals surface area contributed by atoms with E-state index in [2.05, 4.69) is 27.4 Å². The average molecular weight is 451 g/mol. The van der Waals surface area contributed by atoms with Crippen LogP contribution in [0.1, 0.15) is 33.8 Å². The van der Waals surface area contributed by atoms with Crippen molar-refractivity contribution in [3.05, 3.63) is 101 Å². The summed E-state index contributed by atoms with van der Waals surface area (Å²) >= 11 is 0. The molecular formula is C27H21N3O4. The number of ether oxygens (including phenoxy) is 1. The number of benzene rings is 3. The fourth-order valence-corrected chi connectivity index (χ4v) is 3.16. The summed E-state index contributed by atoms with van der Waals surface area (Å²) in [5.41, 5.74) is 3.32. The zero-order valence-corrected chi connectivity index (χ0v) is 18.4. The van der Waals surface area contributed by atoms with Crippen LogP contribution in [0.3, 0.4) is 0 Å². The van der Waals surface area contributed by atoms with Gasteiger partial charge in [0.15, 0.2) is 0 Å². The summed E-state index contributed by atoms with van der Waals surface area (Å²) in [4.78, 5) is 24.1. The zero-order valence-electron chi connectivity index (χ0n) is 18.4. The molecule has 3 aromatic carbocycles. The number of methoxy groups -OCH3 is 1. The van der Waals surface area contributed by atoms with Gasteiger partial charge in [0.05, 0.1) is 12.7 Å². The van der Waals surface area contributed by atoms with E-state index in [9.17, 15) is 9.59 Å². The van der Waals surface area contributed by atoms with Gasteiger partial charge in [0.25, 0.3) is 0 Å². The maximum atomic E-state index is 12.4. The van der Waals surface area contributed by atoms with E-state index in [-0.39, 0.29) is 12.3 Å². The van der Waals surface area contributed by atoms with E-state index in [0.29, 0.717) is 35.0 Å². The molecule has 0 saturated heterocycles. The topological polar surface area (TPSA) is 94.3 Å². The van der Waals surface area contributed by atoms with Gasteiger partial charge in [-0.1, -0.05) is 42.2 Å². The standard InChI is InChI=1S/C27H21N3O4/c1-33-27(32)22-11-5-7-19(17-22)13-14-20-8-6-12-23(18-20)28-24(31)15-16-25-29-30-26(34-25)21-9-3-2-4-10-21/h2-12,17-18H,15-16H2,1H3,(H,28,31). The number of hydrogen-bond donors (Lipinski definition) is 1. The fraction of sp³-hybridized carbons (Fsp3) is 0.111. The Morgan fingerprint density at radius 3 is 2.41 bits per heavy atom. The summed E-state index contributed by atoms with van der Waals surface area (Å²) in [6, 6.07) is 23.6. The molecule has 1 N–H and O–H groups in total. The van der Waals surface area contributed by atoms with Crippen LogP contribution in [0.15, 0.2) is 83.3 Å². The number of anilines is 1. The summed E-state index contributed by atoms with van der Waals surface area (Å²) in [6.45, 7) is 0. The SMILES string of the molecule is COC(=O)c1cccc(C#Cc2cccc(NC(=O)CCc3nnc(-c4ccccc4)o3)c2)c1. The summed E-state index contributed by atoms with van der Waals surface area (Å²) in [5.74, 6) is 6.33. The second-order valence-electron chi connectivity index (χ2n) is 7.32. The molecular weight excluding hydrogens is 430 g/mol. The first-order chi connectivity index (χ1) is 16.6. The van der Waals surface area contributed by atoms with Crippen molar-refractivity contribution in [2.45, 2.75) is 12.8 Å². The van der Waals surface area contributed by atoms with E-state index in [4.69, 9.17) is 9.15 Å². The predicted octanol–water partition coefficient (Wildman–Crippen LogP) is 4.49. The maximum Gasteiger partial charge on any atom is 0.337 e. The van der Waals surface area contributed by atoms with Crippen LogP contribution in [-0.2, 0) is 16.0 Å². The molecule has 0 aliphatic carbocycles. The molecule has 7 heteroatoms. The highest BCUT2D eigenvalue weighted by atomic mass is 16.5. The smallest absolute Gasteiger partial charge is 0.337 e. The lowest BCUT2D eigenvalue weighted by Crippen LogP contribution is -2.12. The molecule has 0 aliphatic heterocycles. The Hall–Kier alpha value is -4.70. The Labute approximate surface area is 196 Å². The molecule has 4 rings (SSSR count). The van der Waals surface area contributed by atoms with Gasteiger partial charge in [-0.3, -0.25) is 4.79 Å². The lowest BCUT2D eigenvalue weighted by Gasteiger charge is -2.04. The highest BCUT2D eigenvalue weighted by Gasteiger charge is 2.11. The molecule has 0 radical (unpaired) electrons. The van der Waals surface area contributed by atoms with Crippen LogP contribution in [0.2, 0.25) is 0 Å². The van der Waals surface area contributed by atoms with Crippen LogP contribution in [0.25, 0.3) is 11.5 Å². The third-order valence-electron chi connectivity index (χ3n) is 4.83. The Morgan fingerprint density at radius 1 is 0.912 bits per heavy atom. The first kappa shape index (κ1) is 22.5. The maximum absolute atomic E-state index is 12.4. The van der Waals surface area contributed by atoms with E-state index < -0.39 is 5.97 Å². The number of nitrogens with zero attached hydrogens (tertiary/aromatic N) is 2. The molecule has 168 valence electrons. The van der Waals surface area contributed by atoms with Crippen molar-refractivity contribution < 1.29 is 18.7 Å². The number of esters is 1. The number of rotatable bonds is 6. The van der Waals surface area contributed by atoms with E-state index >= 15 is 0 Å². The van der Waals surface area contributed by atoms with Gasteiger partial charge in [0, 0.05) is 35.2 Å². The Balaban J connectivity index is 1.35. The van der Waals surface area contributed by atoms with Crippen molar-refractivity contribution in [1.29, 1.82) is 0 Å². The fourth-order valence-electron chi connectivity index (χ4n) is 3.16. The molecule has 1 aromatic heterocycles. The molecule has 0 bridgehead atoms. The molecule has 0 fully saturated rings. The molecule has 1 amide bonds. The average Bonchev–Trinajstić information content (AvgIpc) is 3.36. The quantitative estimate of drug-likeness (QED) is 0.343. The van der Waals surface area contributed by atoms with Crippen molar-refractivity contribution in [3.63, 3.8) is 0 Å². The van der Waals surface area contributed by atoms with Crippen LogP contribution >= 0.6 is 0 Å². The molecule has 4 aromatic rings. The van der Waals surface area contributed by atoms with Crippen LogP contribution in [0.5, 0.6) is 0 Å². The number of nitrogens with one attached hydrogen (secondary N) is 1. The minimum atomic E-state index is -0.412. The Morgan fingerprint density at radius 2 is 1.65 bits per heavy atom. The second kappa shape index (κ2) is 10.7. The minimum Gasteiger partial charge on any atom is -0.465 e. The van der Waals surface area contributed by atoms with Gasteiger partial charge >= 0.3 is 5.97 Å². The first-order valence-electron chi connectivity index (χ1n) is 10.6. The van der Waals surface area contributed by atoms with Gasteiger partial charge in [-0.15, -0.1) is 10.2 Å². The van der Waals surface area contributed by atoms with E-state index in [1.165, 1.54) is 7.11 Å². The van der Waals surface area contributed by atoms with Gasteiger partial charge in [0.1, 0.15) is 0 Å². The number of aromatic nitrogens is 2. The van der Waals surface area contributed by atoms with Crippen molar-refractivity contribution in [2.75, 3.05) is 12.4 Å². The zero-order chi connectivity index (χ0) is 23.8. The van der Waals surface area contributed by atoms with Crippen LogP contribution < -0.4 is 5.32 Å². The summed E-state index contributed by atoms with van der Waals surface area (Å²) in [5, 5.41) is 10.9. The number of carbonyl (C=O) groups is 2. The number of aryl methyl sites for hydroxylation is 1. The number of amides is 1. The molecule has 0 aliphatic rings. The Bertz CT molecular complexity index is 1370. The van der Waals surface area contributed by atoms with E-state index in [1.54, 1.807) is 30.3 Å². The van der Waals surface area contributed by atoms with Crippen molar-refractivity contribution >= 4 is 17.6 Å². The molecule has 1 heterocycles. The van der Waals surface area contributed by atoms with Crippen LogP contribution in [0.4, 0.5) is 5.69 Å². The Kier molecular flexibility index (Phi) is 7.11. The van der Waals surface area contributed by atoms with Gasteiger partial charge < -0.3 is 14.5 Å². The van der Waals surface area contributed by atoms with Crippen LogP contribution in [-0.4, -0.2) is 29.2 Å². The van der Waals surface area contributed by atoms with Gasteiger partial charge in [0.2, 0.25) is 17.7 Å². The highest BCUT2D eigenvalue weighted by Crippen LogP contribution is 2.18. The monoisotopic (exact) mass is 451 g/mol. The summed E-state index contributed by atoms with van der Waals surface area (Å²) < 4.78 is 10.4. The lowest BCUT2D eigenvalue weighted by atomic mass is 10.1. The van der Waals surface area contributed by atoms with Gasteiger partial charge in [-0.2, -0.15) is 0 Å². The minimum absolute atomic E-state index is 0.171. The first-order valence-corrected chi connectivity index (χ1v) is 10.6. The van der Waals surface area contributed by atoms with Crippen LogP contribution in [0, 0.1) is 11.8 Å². The third-order valence-corrected chi connectivity index (χ3v) is 4.83. The third kappa shape index (κ3) is 5.96. The molecule has 0 unspecified atom stereocenters. The normalized spacial score (nSPS) is 10.1. The van der Waals surface area contributed by atoms with E-state index in [1.807, 2.05) is 48.5 Å². The van der Waals surface area contributed by atoms with Crippen molar-refractivity contribution in [1.82, 2.24) is 10.2 Å². The summed E-state index contributed by atoms with van der Waals surface area (Å²) in [7, 11) is 1.34. The molecule has 0 atom stereocenters.